The molecule has 1 aromatic rings. The van der Waals surface area contributed by atoms with E-state index < -0.39 is 5.54 Å². The molecule has 7 heteroatoms. The second-order valence-electron chi connectivity index (χ2n) is 6.19. The van der Waals surface area contributed by atoms with Gasteiger partial charge in [-0.25, -0.2) is 0 Å². The number of likely N-dealkylation sites (tertiary alicyclic amines) is 1. The van der Waals surface area contributed by atoms with Gasteiger partial charge in [-0.15, -0.1) is 0 Å². The fourth-order valence-corrected chi connectivity index (χ4v) is 3.38. The lowest BCUT2D eigenvalue weighted by atomic mass is 9.85. The Bertz CT molecular complexity index is 575. The summed E-state index contributed by atoms with van der Waals surface area (Å²) < 4.78 is 5.05. The topological polar surface area (TPSA) is 78.7 Å². The van der Waals surface area contributed by atoms with Crippen molar-refractivity contribution in [1.29, 1.82) is 0 Å². The van der Waals surface area contributed by atoms with Crippen LogP contribution in [0, 0.1) is 6.92 Å². The molecule has 2 saturated heterocycles. The predicted molar refractivity (Wildman–Crippen MR) is 79.4 cm³/mol. The molecule has 3 heterocycles. The van der Waals surface area contributed by atoms with Crippen LogP contribution in [0.5, 0.6) is 0 Å². The van der Waals surface area contributed by atoms with Crippen molar-refractivity contribution >= 4 is 11.8 Å². The SMILES string of the molecule is Cc1cc(C(=O)N2CCC3(CC2)C(=O)NCCCN3C)on1. The Morgan fingerprint density at radius 1 is 1.36 bits per heavy atom. The van der Waals surface area contributed by atoms with Crippen molar-refractivity contribution in [3.05, 3.63) is 17.5 Å². The van der Waals surface area contributed by atoms with Crippen LogP contribution >= 0.6 is 0 Å². The van der Waals surface area contributed by atoms with Gasteiger partial charge in [0.05, 0.1) is 5.69 Å². The maximum Gasteiger partial charge on any atom is 0.292 e. The summed E-state index contributed by atoms with van der Waals surface area (Å²) in [6.07, 6.45) is 2.26. The van der Waals surface area contributed by atoms with Crippen LogP contribution in [0.1, 0.15) is 35.5 Å². The predicted octanol–water partition coefficient (Wildman–Crippen LogP) is 0.410. The van der Waals surface area contributed by atoms with E-state index in [0.29, 0.717) is 31.6 Å². The Labute approximate surface area is 129 Å². The number of nitrogens with one attached hydrogen (secondary N) is 1. The number of aryl methyl sites for hydroxylation is 1. The first-order valence-corrected chi connectivity index (χ1v) is 7.75. The molecule has 0 aliphatic carbocycles. The molecule has 0 aromatic carbocycles. The molecule has 0 unspecified atom stereocenters. The Morgan fingerprint density at radius 2 is 2.09 bits per heavy atom. The van der Waals surface area contributed by atoms with Crippen LogP contribution in [-0.2, 0) is 4.79 Å². The number of aromatic nitrogens is 1. The van der Waals surface area contributed by atoms with Crippen molar-refractivity contribution in [2.75, 3.05) is 33.2 Å². The Kier molecular flexibility index (Phi) is 3.90. The van der Waals surface area contributed by atoms with Crippen LogP contribution in [0.15, 0.2) is 10.6 Å². The Balaban J connectivity index is 1.71. The zero-order valence-corrected chi connectivity index (χ0v) is 13.1. The fourth-order valence-electron chi connectivity index (χ4n) is 3.38. The number of amides is 2. The van der Waals surface area contributed by atoms with E-state index in [1.165, 1.54) is 0 Å². The van der Waals surface area contributed by atoms with Crippen LogP contribution in [-0.4, -0.2) is 65.5 Å². The van der Waals surface area contributed by atoms with Crippen LogP contribution in [0.4, 0.5) is 0 Å². The molecular weight excluding hydrogens is 284 g/mol. The molecule has 22 heavy (non-hydrogen) atoms. The van der Waals surface area contributed by atoms with Crippen LogP contribution in [0.2, 0.25) is 0 Å². The molecule has 2 fully saturated rings. The fraction of sp³-hybridized carbons (Fsp3) is 0.667. The number of likely N-dealkylation sites (N-methyl/N-ethyl adjacent to an activating group) is 1. The summed E-state index contributed by atoms with van der Waals surface area (Å²) in [7, 11) is 2.00. The van der Waals surface area contributed by atoms with Crippen molar-refractivity contribution in [3.8, 4) is 0 Å². The Morgan fingerprint density at radius 3 is 2.73 bits per heavy atom. The number of carbonyl (C=O) groups excluding carboxylic acids is 2. The van der Waals surface area contributed by atoms with Gasteiger partial charge in [0.1, 0.15) is 5.54 Å². The average Bonchev–Trinajstić information content (AvgIpc) is 2.91. The highest BCUT2D eigenvalue weighted by Crippen LogP contribution is 2.30. The number of hydrogen-bond acceptors (Lipinski definition) is 5. The molecule has 120 valence electrons. The summed E-state index contributed by atoms with van der Waals surface area (Å²) in [5, 5.41) is 6.76. The number of carbonyl (C=O) groups is 2. The van der Waals surface area contributed by atoms with E-state index in [9.17, 15) is 9.59 Å². The third kappa shape index (κ3) is 2.49. The normalized spacial score (nSPS) is 22.5. The lowest BCUT2D eigenvalue weighted by molar-refractivity contribution is -0.134. The molecule has 0 saturated carbocycles. The minimum absolute atomic E-state index is 0.0927. The molecule has 1 aromatic heterocycles. The first-order chi connectivity index (χ1) is 10.5. The molecule has 2 amide bonds. The number of rotatable bonds is 1. The highest BCUT2D eigenvalue weighted by molar-refractivity contribution is 5.92. The average molecular weight is 306 g/mol. The van der Waals surface area contributed by atoms with Gasteiger partial charge in [0, 0.05) is 32.2 Å². The lowest BCUT2D eigenvalue weighted by Gasteiger charge is -2.44. The maximum absolute atomic E-state index is 12.5. The summed E-state index contributed by atoms with van der Waals surface area (Å²) in [4.78, 5) is 28.8. The second kappa shape index (κ2) is 5.72. The van der Waals surface area contributed by atoms with Gasteiger partial charge >= 0.3 is 0 Å². The van der Waals surface area contributed by atoms with Crippen LogP contribution in [0.3, 0.4) is 0 Å². The molecule has 7 nitrogen and oxygen atoms in total. The second-order valence-corrected chi connectivity index (χ2v) is 6.19. The molecule has 0 bridgehead atoms. The number of nitrogens with zero attached hydrogens (tertiary/aromatic N) is 3. The summed E-state index contributed by atoms with van der Waals surface area (Å²) in [5.41, 5.74) is 0.213. The maximum atomic E-state index is 12.5. The number of hydrogen-bond donors (Lipinski definition) is 1. The quantitative estimate of drug-likeness (QED) is 0.813. The van der Waals surface area contributed by atoms with E-state index in [1.807, 2.05) is 7.05 Å². The molecule has 2 aliphatic rings. The van der Waals surface area contributed by atoms with Crippen LogP contribution < -0.4 is 5.32 Å². The van der Waals surface area contributed by atoms with Gasteiger partial charge in [-0.2, -0.15) is 0 Å². The first-order valence-electron chi connectivity index (χ1n) is 7.75. The highest BCUT2D eigenvalue weighted by atomic mass is 16.5. The zero-order valence-electron chi connectivity index (χ0n) is 13.1. The molecule has 0 atom stereocenters. The minimum atomic E-state index is -0.482. The largest absolute Gasteiger partial charge is 0.354 e. The van der Waals surface area contributed by atoms with Gasteiger partial charge in [0.15, 0.2) is 0 Å². The van der Waals surface area contributed by atoms with E-state index in [0.717, 1.165) is 19.5 Å². The smallest absolute Gasteiger partial charge is 0.292 e. The number of piperidine rings is 1. The van der Waals surface area contributed by atoms with Crippen molar-refractivity contribution in [3.63, 3.8) is 0 Å². The van der Waals surface area contributed by atoms with Crippen molar-refractivity contribution < 1.29 is 14.1 Å². The van der Waals surface area contributed by atoms with E-state index >= 15 is 0 Å². The van der Waals surface area contributed by atoms with E-state index in [-0.39, 0.29) is 17.6 Å². The lowest BCUT2D eigenvalue weighted by Crippen LogP contribution is -2.61. The Hall–Kier alpha value is -1.89. The van der Waals surface area contributed by atoms with Crippen molar-refractivity contribution in [2.45, 2.75) is 31.7 Å². The van der Waals surface area contributed by atoms with E-state index in [2.05, 4.69) is 15.4 Å². The standard InChI is InChI=1S/C15H22N4O3/c1-11-10-12(22-17-11)13(20)19-8-4-15(5-9-19)14(21)16-6-3-7-18(15)2/h10H,3-9H2,1-2H3,(H,16,21). The van der Waals surface area contributed by atoms with Gasteiger partial charge < -0.3 is 14.7 Å². The van der Waals surface area contributed by atoms with Gasteiger partial charge in [0.25, 0.3) is 5.91 Å². The van der Waals surface area contributed by atoms with Gasteiger partial charge in [0.2, 0.25) is 11.7 Å². The molecule has 3 rings (SSSR count). The third-order valence-corrected chi connectivity index (χ3v) is 4.83. The first kappa shape index (κ1) is 15.0. The van der Waals surface area contributed by atoms with Gasteiger partial charge in [-0.3, -0.25) is 14.5 Å². The highest BCUT2D eigenvalue weighted by Gasteiger charge is 2.46. The molecule has 2 aliphatic heterocycles. The van der Waals surface area contributed by atoms with E-state index in [1.54, 1.807) is 17.9 Å². The minimum Gasteiger partial charge on any atom is -0.354 e. The third-order valence-electron chi connectivity index (χ3n) is 4.83. The molecular formula is C15H22N4O3. The summed E-state index contributed by atoms with van der Waals surface area (Å²) in [6, 6.07) is 1.65. The zero-order chi connectivity index (χ0) is 15.7. The summed E-state index contributed by atoms with van der Waals surface area (Å²) in [6.45, 7) is 4.52. The monoisotopic (exact) mass is 306 g/mol. The van der Waals surface area contributed by atoms with Crippen molar-refractivity contribution in [1.82, 2.24) is 20.3 Å². The van der Waals surface area contributed by atoms with Crippen LogP contribution in [0.25, 0.3) is 0 Å². The molecule has 1 spiro atoms. The molecule has 0 radical (unpaired) electrons. The summed E-state index contributed by atoms with van der Waals surface area (Å²) >= 11 is 0. The summed E-state index contributed by atoms with van der Waals surface area (Å²) in [5.74, 6) is 0.217. The van der Waals surface area contributed by atoms with E-state index in [4.69, 9.17) is 4.52 Å². The van der Waals surface area contributed by atoms with Crippen molar-refractivity contribution in [2.24, 2.45) is 0 Å². The van der Waals surface area contributed by atoms with Gasteiger partial charge in [-0.1, -0.05) is 5.16 Å². The molecule has 1 N–H and O–H groups in total. The van der Waals surface area contributed by atoms with Gasteiger partial charge in [-0.05, 0) is 33.2 Å².